The fraction of sp³-hybridized carbons (Fsp3) is 0.333. The smallest absolute Gasteiger partial charge is 0.268 e. The summed E-state index contributed by atoms with van der Waals surface area (Å²) in [6, 6.07) is 11.1. The van der Waals surface area contributed by atoms with Gasteiger partial charge in [-0.15, -0.1) is 0 Å². The lowest BCUT2D eigenvalue weighted by atomic mass is 9.72. The van der Waals surface area contributed by atoms with E-state index in [1.165, 1.54) is 0 Å². The summed E-state index contributed by atoms with van der Waals surface area (Å²) in [5.41, 5.74) is 8.41. The van der Waals surface area contributed by atoms with Crippen LogP contribution in [0.1, 0.15) is 35.6 Å². The van der Waals surface area contributed by atoms with E-state index in [4.69, 9.17) is 10.5 Å². The van der Waals surface area contributed by atoms with Crippen molar-refractivity contribution in [3.05, 3.63) is 58.7 Å². The number of anilines is 1. The lowest BCUT2D eigenvalue weighted by molar-refractivity contribution is -0.261. The third-order valence-electron chi connectivity index (χ3n) is 5.03. The molecular weight excluding hydrogens is 278 g/mol. The van der Waals surface area contributed by atoms with Crippen LogP contribution in [0.25, 0.3) is 0 Å². The first-order chi connectivity index (χ1) is 10.5. The van der Waals surface area contributed by atoms with Crippen LogP contribution in [0.2, 0.25) is 0 Å². The average Bonchev–Trinajstić information content (AvgIpc) is 2.75. The summed E-state index contributed by atoms with van der Waals surface area (Å²) in [5, 5.41) is 22.4. The summed E-state index contributed by atoms with van der Waals surface area (Å²) in [6.45, 7) is 2.06. The molecule has 0 aromatic heterocycles. The first-order valence-electron chi connectivity index (χ1n) is 7.64. The Hall–Kier alpha value is -2.04. The highest BCUT2D eigenvalue weighted by Crippen LogP contribution is 2.57. The summed E-state index contributed by atoms with van der Waals surface area (Å²) in [6.07, 6.45) is 1.86. The number of nitrogens with two attached hydrogens (primary N) is 1. The zero-order valence-corrected chi connectivity index (χ0v) is 12.5. The fourth-order valence-corrected chi connectivity index (χ4v) is 3.73. The van der Waals surface area contributed by atoms with Crippen molar-refractivity contribution in [3.8, 4) is 5.75 Å². The quantitative estimate of drug-likeness (QED) is 0.705. The Balaban J connectivity index is 1.94. The number of aliphatic hydroxyl groups is 2. The summed E-state index contributed by atoms with van der Waals surface area (Å²) in [7, 11) is 0. The molecule has 22 heavy (non-hydrogen) atoms. The molecule has 1 aliphatic heterocycles. The van der Waals surface area contributed by atoms with Gasteiger partial charge in [0.25, 0.3) is 5.79 Å². The maximum atomic E-state index is 11.2. The molecule has 0 spiro atoms. The van der Waals surface area contributed by atoms with Crippen molar-refractivity contribution < 1.29 is 14.9 Å². The molecule has 2 atom stereocenters. The molecule has 4 nitrogen and oxygen atoms in total. The van der Waals surface area contributed by atoms with E-state index in [0.29, 0.717) is 35.4 Å². The molecular formula is C18H19NO3. The molecule has 114 valence electrons. The molecule has 4 N–H and O–H groups in total. The topological polar surface area (TPSA) is 75.7 Å². The van der Waals surface area contributed by atoms with Crippen molar-refractivity contribution in [2.75, 3.05) is 5.73 Å². The fourth-order valence-electron chi connectivity index (χ4n) is 3.73. The van der Waals surface area contributed by atoms with Gasteiger partial charge in [0.2, 0.25) is 0 Å². The summed E-state index contributed by atoms with van der Waals surface area (Å²) >= 11 is 0. The molecule has 4 heteroatoms. The number of aryl methyl sites for hydroxylation is 1. The summed E-state index contributed by atoms with van der Waals surface area (Å²) in [5.74, 6) is -1.22. The van der Waals surface area contributed by atoms with Crippen LogP contribution in [0.3, 0.4) is 0 Å². The highest BCUT2D eigenvalue weighted by atomic mass is 16.6. The van der Waals surface area contributed by atoms with Crippen LogP contribution in [-0.2, 0) is 24.2 Å². The lowest BCUT2D eigenvalue weighted by Gasteiger charge is -2.41. The first kappa shape index (κ1) is 13.6. The molecule has 0 radical (unpaired) electrons. The SMILES string of the molecule is CCc1ccc2c(c1)OC1(O)c3cccc(N)c3CCC21O. The molecule has 4 rings (SSSR count). The maximum absolute atomic E-state index is 11.2. The van der Waals surface area contributed by atoms with E-state index in [9.17, 15) is 10.2 Å². The van der Waals surface area contributed by atoms with E-state index in [-0.39, 0.29) is 0 Å². The zero-order valence-electron chi connectivity index (χ0n) is 12.5. The first-order valence-corrected chi connectivity index (χ1v) is 7.64. The number of hydrogen-bond donors (Lipinski definition) is 3. The largest absolute Gasteiger partial charge is 0.454 e. The Labute approximate surface area is 129 Å². The Morgan fingerprint density at radius 2 is 2.00 bits per heavy atom. The van der Waals surface area contributed by atoms with Crippen LogP contribution in [0.5, 0.6) is 5.75 Å². The van der Waals surface area contributed by atoms with Crippen LogP contribution in [0.4, 0.5) is 5.69 Å². The molecule has 1 aliphatic carbocycles. The second kappa shape index (κ2) is 4.24. The minimum atomic E-state index is -1.77. The number of ether oxygens (including phenoxy) is 1. The van der Waals surface area contributed by atoms with Gasteiger partial charge in [0.15, 0.2) is 5.60 Å². The van der Waals surface area contributed by atoms with Gasteiger partial charge in [-0.3, -0.25) is 0 Å². The van der Waals surface area contributed by atoms with Gasteiger partial charge < -0.3 is 20.7 Å². The van der Waals surface area contributed by atoms with Gasteiger partial charge >= 0.3 is 0 Å². The van der Waals surface area contributed by atoms with E-state index in [1.807, 2.05) is 24.3 Å². The van der Waals surface area contributed by atoms with Gasteiger partial charge in [-0.2, -0.15) is 0 Å². The summed E-state index contributed by atoms with van der Waals surface area (Å²) < 4.78 is 5.88. The van der Waals surface area contributed by atoms with Crippen LogP contribution >= 0.6 is 0 Å². The number of benzene rings is 2. The molecule has 0 fully saturated rings. The predicted molar refractivity (Wildman–Crippen MR) is 83.4 cm³/mol. The standard InChI is InChI=1S/C18H19NO3/c1-2-11-6-7-14-16(10-11)22-18(21)13-4-3-5-15(19)12(13)8-9-17(14,18)20/h3-7,10,20-21H,2,8-9,19H2,1H3. The number of hydrogen-bond acceptors (Lipinski definition) is 4. The molecule has 2 aromatic carbocycles. The number of nitrogen functional groups attached to an aromatic ring is 1. The second-order valence-corrected chi connectivity index (χ2v) is 6.16. The average molecular weight is 297 g/mol. The monoisotopic (exact) mass is 297 g/mol. The Morgan fingerprint density at radius 3 is 2.77 bits per heavy atom. The van der Waals surface area contributed by atoms with Crippen LogP contribution in [-0.4, -0.2) is 10.2 Å². The van der Waals surface area contributed by atoms with Crippen molar-refractivity contribution in [1.82, 2.24) is 0 Å². The molecule has 2 aliphatic rings. The van der Waals surface area contributed by atoms with Crippen molar-refractivity contribution >= 4 is 5.69 Å². The third-order valence-corrected chi connectivity index (χ3v) is 5.03. The molecule has 2 aromatic rings. The second-order valence-electron chi connectivity index (χ2n) is 6.16. The van der Waals surface area contributed by atoms with Crippen molar-refractivity contribution in [3.63, 3.8) is 0 Å². The Morgan fingerprint density at radius 1 is 1.18 bits per heavy atom. The van der Waals surface area contributed by atoms with Gasteiger partial charge in [0.05, 0.1) is 0 Å². The number of fused-ring (bicyclic) bond motifs is 5. The minimum absolute atomic E-state index is 0.378. The van der Waals surface area contributed by atoms with E-state index in [0.717, 1.165) is 17.5 Å². The highest BCUT2D eigenvalue weighted by Gasteiger charge is 2.62. The maximum Gasteiger partial charge on any atom is 0.268 e. The van der Waals surface area contributed by atoms with Gasteiger partial charge in [-0.05, 0) is 42.5 Å². The number of rotatable bonds is 1. The molecule has 0 saturated heterocycles. The molecule has 1 heterocycles. The zero-order chi connectivity index (χ0) is 15.5. The lowest BCUT2D eigenvalue weighted by Crippen LogP contribution is -2.52. The van der Waals surface area contributed by atoms with Crippen molar-refractivity contribution in [1.29, 1.82) is 0 Å². The van der Waals surface area contributed by atoms with E-state index in [1.54, 1.807) is 12.1 Å². The van der Waals surface area contributed by atoms with E-state index in [2.05, 4.69) is 6.92 Å². The molecule has 2 unspecified atom stereocenters. The van der Waals surface area contributed by atoms with Gasteiger partial charge in [0, 0.05) is 16.8 Å². The minimum Gasteiger partial charge on any atom is -0.454 e. The summed E-state index contributed by atoms with van der Waals surface area (Å²) in [4.78, 5) is 0. The normalized spacial score (nSPS) is 28.5. The highest BCUT2D eigenvalue weighted by molar-refractivity contribution is 5.58. The third kappa shape index (κ3) is 1.49. The molecule has 0 saturated carbocycles. The molecule has 0 amide bonds. The Bertz CT molecular complexity index is 773. The predicted octanol–water partition coefficient (Wildman–Crippen LogP) is 2.20. The van der Waals surface area contributed by atoms with Gasteiger partial charge in [0.1, 0.15) is 5.75 Å². The Kier molecular flexibility index (Phi) is 2.63. The van der Waals surface area contributed by atoms with Crippen LogP contribution < -0.4 is 10.5 Å². The van der Waals surface area contributed by atoms with Crippen molar-refractivity contribution in [2.45, 2.75) is 37.6 Å². The van der Waals surface area contributed by atoms with Crippen LogP contribution in [0, 0.1) is 0 Å². The van der Waals surface area contributed by atoms with Crippen LogP contribution in [0.15, 0.2) is 36.4 Å². The van der Waals surface area contributed by atoms with E-state index >= 15 is 0 Å². The van der Waals surface area contributed by atoms with Gasteiger partial charge in [-0.1, -0.05) is 31.2 Å². The van der Waals surface area contributed by atoms with Crippen molar-refractivity contribution in [2.24, 2.45) is 0 Å². The van der Waals surface area contributed by atoms with E-state index < -0.39 is 11.4 Å². The van der Waals surface area contributed by atoms with Gasteiger partial charge in [-0.25, -0.2) is 0 Å². The molecule has 0 bridgehead atoms.